The summed E-state index contributed by atoms with van der Waals surface area (Å²) < 4.78 is 5.88. The smallest absolute Gasteiger partial charge is 0.323 e. The van der Waals surface area contributed by atoms with Gasteiger partial charge in [0.2, 0.25) is 0 Å². The third-order valence-electron chi connectivity index (χ3n) is 5.07. The summed E-state index contributed by atoms with van der Waals surface area (Å²) in [5.74, 6) is 2.31. The lowest BCUT2D eigenvalue weighted by Crippen LogP contribution is -2.42. The maximum atomic E-state index is 12.5. The highest BCUT2D eigenvalue weighted by Crippen LogP contribution is 2.26. The van der Waals surface area contributed by atoms with Crippen molar-refractivity contribution >= 4 is 17.9 Å². The second kappa shape index (κ2) is 10.0. The van der Waals surface area contributed by atoms with Crippen molar-refractivity contribution in [3.63, 3.8) is 0 Å². The highest BCUT2D eigenvalue weighted by molar-refractivity contribution is 5.88. The summed E-state index contributed by atoms with van der Waals surface area (Å²) in [4.78, 5) is 14.3. The van der Waals surface area contributed by atoms with E-state index in [2.05, 4.69) is 54.5 Å². The van der Waals surface area contributed by atoms with Gasteiger partial charge in [-0.1, -0.05) is 44.6 Å². The van der Waals surface area contributed by atoms with Gasteiger partial charge in [0.05, 0.1) is 6.61 Å². The molecule has 2 heterocycles. The van der Waals surface area contributed by atoms with E-state index in [9.17, 15) is 4.79 Å². The van der Waals surface area contributed by atoms with Crippen LogP contribution in [0.2, 0.25) is 0 Å². The average Bonchev–Trinajstić information content (AvgIpc) is 2.70. The van der Waals surface area contributed by atoms with E-state index in [0.717, 1.165) is 30.8 Å². The molecule has 1 unspecified atom stereocenters. The fourth-order valence-electron chi connectivity index (χ4n) is 3.33. The molecule has 29 heavy (non-hydrogen) atoms. The molecule has 0 bridgehead atoms. The number of likely N-dealkylation sites (tertiary alicyclic amines) is 1. The zero-order chi connectivity index (χ0) is 20.6. The number of ether oxygens (including phenoxy) is 1. The number of benzene rings is 1. The van der Waals surface area contributed by atoms with Crippen LogP contribution in [0.3, 0.4) is 0 Å². The third-order valence-corrected chi connectivity index (χ3v) is 5.07. The first kappa shape index (κ1) is 20.8. The van der Waals surface area contributed by atoms with Crippen LogP contribution in [0.25, 0.3) is 6.08 Å². The first-order valence-corrected chi connectivity index (χ1v) is 10.3. The Bertz CT molecular complexity index is 836. The van der Waals surface area contributed by atoms with Gasteiger partial charge >= 0.3 is 6.03 Å². The van der Waals surface area contributed by atoms with Gasteiger partial charge in [0.1, 0.15) is 5.75 Å². The summed E-state index contributed by atoms with van der Waals surface area (Å²) in [7, 11) is 0. The van der Waals surface area contributed by atoms with E-state index < -0.39 is 0 Å². The molecular formula is C23H30N4O2. The Hall–Kier alpha value is -2.89. The van der Waals surface area contributed by atoms with Gasteiger partial charge in [0.25, 0.3) is 0 Å². The summed E-state index contributed by atoms with van der Waals surface area (Å²) in [6.07, 6.45) is 5.72. The predicted octanol–water partition coefficient (Wildman–Crippen LogP) is 4.86. The molecule has 2 aromatic rings. The van der Waals surface area contributed by atoms with Crippen LogP contribution in [0.1, 0.15) is 39.2 Å². The Labute approximate surface area is 173 Å². The number of amides is 2. The number of nitrogens with zero attached hydrogens (tertiary/aromatic N) is 3. The average molecular weight is 395 g/mol. The molecule has 6 heteroatoms. The Morgan fingerprint density at radius 2 is 2.21 bits per heavy atom. The zero-order valence-corrected chi connectivity index (χ0v) is 17.5. The summed E-state index contributed by atoms with van der Waals surface area (Å²) in [5.41, 5.74) is 2.50. The number of nitrogens with one attached hydrogen (secondary N) is 1. The normalized spacial score (nSPS) is 18.1. The van der Waals surface area contributed by atoms with Crippen LogP contribution < -0.4 is 10.1 Å². The molecule has 3 rings (SSSR count). The minimum Gasteiger partial charge on any atom is -0.494 e. The lowest BCUT2D eigenvalue weighted by molar-refractivity contribution is 0.197. The lowest BCUT2D eigenvalue weighted by atomic mass is 9.91. The van der Waals surface area contributed by atoms with Gasteiger partial charge in [-0.3, -0.25) is 5.32 Å². The summed E-state index contributed by atoms with van der Waals surface area (Å²) in [6, 6.07) is 11.6. The van der Waals surface area contributed by atoms with Crippen molar-refractivity contribution in [1.29, 1.82) is 0 Å². The third kappa shape index (κ3) is 6.31. The molecule has 1 aromatic heterocycles. The topological polar surface area (TPSA) is 67.3 Å². The van der Waals surface area contributed by atoms with Crippen LogP contribution in [-0.2, 0) is 0 Å². The van der Waals surface area contributed by atoms with Crippen molar-refractivity contribution in [3.8, 4) is 5.75 Å². The monoisotopic (exact) mass is 394 g/mol. The van der Waals surface area contributed by atoms with Crippen LogP contribution in [0.4, 0.5) is 10.6 Å². The zero-order valence-electron chi connectivity index (χ0n) is 17.5. The fraction of sp³-hybridized carbons (Fsp3) is 0.435. The highest BCUT2D eigenvalue weighted by atomic mass is 16.5. The molecule has 1 fully saturated rings. The van der Waals surface area contributed by atoms with Crippen LogP contribution in [-0.4, -0.2) is 40.8 Å². The van der Waals surface area contributed by atoms with Crippen molar-refractivity contribution in [1.82, 2.24) is 15.1 Å². The first-order valence-electron chi connectivity index (χ1n) is 10.3. The van der Waals surface area contributed by atoms with Crippen LogP contribution in [0, 0.1) is 11.8 Å². The Morgan fingerprint density at radius 3 is 2.93 bits per heavy atom. The molecule has 1 aromatic carbocycles. The fourth-order valence-corrected chi connectivity index (χ4v) is 3.33. The van der Waals surface area contributed by atoms with Gasteiger partial charge in [-0.15, -0.1) is 5.10 Å². The lowest BCUT2D eigenvalue weighted by Gasteiger charge is -2.33. The number of hydrogen-bond acceptors (Lipinski definition) is 4. The second-order valence-corrected chi connectivity index (χ2v) is 7.96. The number of piperidine rings is 1. The molecule has 1 atom stereocenters. The van der Waals surface area contributed by atoms with E-state index in [1.165, 1.54) is 5.57 Å². The van der Waals surface area contributed by atoms with Crippen LogP contribution >= 0.6 is 0 Å². The minimum atomic E-state index is -0.128. The van der Waals surface area contributed by atoms with E-state index in [4.69, 9.17) is 4.74 Å². The van der Waals surface area contributed by atoms with Crippen molar-refractivity contribution < 1.29 is 9.53 Å². The summed E-state index contributed by atoms with van der Waals surface area (Å²) >= 11 is 0. The molecule has 1 saturated heterocycles. The van der Waals surface area contributed by atoms with Gasteiger partial charge in [-0.2, -0.15) is 5.10 Å². The molecule has 6 nitrogen and oxygen atoms in total. The standard InChI is InChI=1S/C23H30N4O2/c1-17(2)10-13-29-21-7-4-6-19(15-21)14-20-9-12-27(16-18(20)3)23(28)25-22-8-5-11-24-26-22/h4-8,11,14-15,17-18H,9-10,12-13,16H2,1-3H3,(H,25,26,28)/b20-14+. The molecule has 154 valence electrons. The number of rotatable bonds is 6. The van der Waals surface area contributed by atoms with Gasteiger partial charge in [-0.25, -0.2) is 4.79 Å². The predicted molar refractivity (Wildman–Crippen MR) is 116 cm³/mol. The highest BCUT2D eigenvalue weighted by Gasteiger charge is 2.24. The molecule has 2 amide bonds. The van der Waals surface area contributed by atoms with Gasteiger partial charge in [-0.05, 0) is 54.5 Å². The Kier molecular flexibility index (Phi) is 7.22. The van der Waals surface area contributed by atoms with Gasteiger partial charge in [0.15, 0.2) is 5.82 Å². The maximum absolute atomic E-state index is 12.5. The van der Waals surface area contributed by atoms with E-state index in [1.54, 1.807) is 18.3 Å². The summed E-state index contributed by atoms with van der Waals surface area (Å²) in [5, 5.41) is 10.5. The summed E-state index contributed by atoms with van der Waals surface area (Å²) in [6.45, 7) is 8.67. The number of carbonyl (C=O) groups is 1. The maximum Gasteiger partial charge on any atom is 0.323 e. The van der Waals surface area contributed by atoms with Crippen molar-refractivity contribution in [3.05, 3.63) is 53.7 Å². The van der Waals surface area contributed by atoms with Crippen LogP contribution in [0.15, 0.2) is 48.2 Å². The molecule has 1 aliphatic heterocycles. The molecule has 0 aliphatic carbocycles. The largest absolute Gasteiger partial charge is 0.494 e. The Balaban J connectivity index is 1.57. The van der Waals surface area contributed by atoms with Crippen molar-refractivity contribution in [2.75, 3.05) is 25.0 Å². The molecule has 1 N–H and O–H groups in total. The number of carbonyl (C=O) groups excluding carboxylic acids is 1. The molecule has 1 aliphatic rings. The van der Waals surface area contributed by atoms with Crippen LogP contribution in [0.5, 0.6) is 5.75 Å². The number of anilines is 1. The van der Waals surface area contributed by atoms with E-state index in [-0.39, 0.29) is 6.03 Å². The van der Waals surface area contributed by atoms with Gasteiger partial charge in [0, 0.05) is 19.3 Å². The molecule has 0 spiro atoms. The Morgan fingerprint density at radius 1 is 1.34 bits per heavy atom. The number of aromatic nitrogens is 2. The number of urea groups is 1. The SMILES string of the molecule is CC(C)CCOc1cccc(/C=C2\CCN(C(=O)Nc3cccnn3)CC2C)c1. The second-order valence-electron chi connectivity index (χ2n) is 7.96. The number of hydrogen-bond donors (Lipinski definition) is 1. The minimum absolute atomic E-state index is 0.128. The van der Waals surface area contributed by atoms with Gasteiger partial charge < -0.3 is 9.64 Å². The van der Waals surface area contributed by atoms with E-state index in [0.29, 0.717) is 30.7 Å². The molecule has 0 radical (unpaired) electrons. The molecule has 0 saturated carbocycles. The van der Waals surface area contributed by atoms with Crippen molar-refractivity contribution in [2.45, 2.75) is 33.6 Å². The van der Waals surface area contributed by atoms with Crippen molar-refractivity contribution in [2.24, 2.45) is 11.8 Å². The first-order chi connectivity index (χ1) is 14.0. The molecular weight excluding hydrogens is 364 g/mol. The van der Waals surface area contributed by atoms with E-state index in [1.807, 2.05) is 17.0 Å². The quantitative estimate of drug-likeness (QED) is 0.760. The van der Waals surface area contributed by atoms with E-state index >= 15 is 0 Å².